The largest absolute Gasteiger partial charge is 0.378 e. The summed E-state index contributed by atoms with van der Waals surface area (Å²) in [7, 11) is 0. The van der Waals surface area contributed by atoms with Crippen LogP contribution >= 0.6 is 0 Å². The quantitative estimate of drug-likeness (QED) is 0.520. The van der Waals surface area contributed by atoms with Gasteiger partial charge in [-0.1, -0.05) is 44.3 Å². The van der Waals surface area contributed by atoms with Gasteiger partial charge < -0.3 is 4.74 Å². The van der Waals surface area contributed by atoms with Crippen LogP contribution in [0.1, 0.15) is 78.1 Å². The summed E-state index contributed by atoms with van der Waals surface area (Å²) in [4.78, 5) is 0. The predicted molar refractivity (Wildman–Crippen MR) is 104 cm³/mol. The molecule has 0 N–H and O–H groups in total. The smallest absolute Gasteiger partial charge is 0.0575 e. The van der Waals surface area contributed by atoms with Gasteiger partial charge in [-0.3, -0.25) is 0 Å². The van der Waals surface area contributed by atoms with Gasteiger partial charge in [-0.05, 0) is 87.7 Å². The molecular weight excluding hydrogens is 292 g/mol. The molecule has 0 bridgehead atoms. The van der Waals surface area contributed by atoms with Crippen LogP contribution in [0, 0.1) is 29.6 Å². The number of hydrogen-bond donors (Lipinski definition) is 0. The van der Waals surface area contributed by atoms with Crippen molar-refractivity contribution in [2.45, 2.75) is 84.2 Å². The van der Waals surface area contributed by atoms with Crippen molar-refractivity contribution in [2.75, 3.05) is 6.61 Å². The Morgan fingerprint density at radius 2 is 1.33 bits per heavy atom. The second kappa shape index (κ2) is 11.5. The average Bonchev–Trinajstić information content (AvgIpc) is 2.64. The summed E-state index contributed by atoms with van der Waals surface area (Å²) >= 11 is 0. The Morgan fingerprint density at radius 1 is 0.792 bits per heavy atom. The average molecular weight is 329 g/mol. The highest BCUT2D eigenvalue weighted by Crippen LogP contribution is 2.31. The first-order valence-electron chi connectivity index (χ1n) is 10.3. The molecule has 2 aliphatic carbocycles. The van der Waals surface area contributed by atoms with Crippen LogP contribution in [0.4, 0.5) is 0 Å². The molecular formula is C23H36O. The third-order valence-corrected chi connectivity index (χ3v) is 5.73. The molecule has 0 aromatic carbocycles. The topological polar surface area (TPSA) is 9.23 Å². The van der Waals surface area contributed by atoms with Crippen molar-refractivity contribution in [3.63, 3.8) is 0 Å². The monoisotopic (exact) mass is 328 g/mol. The minimum absolute atomic E-state index is 0.506. The Labute approximate surface area is 149 Å². The lowest BCUT2D eigenvalue weighted by Gasteiger charge is -2.26. The lowest BCUT2D eigenvalue weighted by atomic mass is 9.81. The molecule has 2 aliphatic rings. The summed E-state index contributed by atoms with van der Waals surface area (Å²) in [5.74, 6) is 8.83. The fraction of sp³-hybridized carbons (Fsp3) is 0.739. The standard InChI is InChI=1S/C23H36O/c1-3-19-24-23-17-15-22(16-18-23)10-8-6-5-7-9-21-13-11-20(4-2)12-14-21/h7-10,20-23H,3-4,11-19H2,1-2H3/b9-7+,10-8+. The Balaban J connectivity index is 1.61. The molecule has 134 valence electrons. The van der Waals surface area contributed by atoms with E-state index in [0.717, 1.165) is 24.9 Å². The van der Waals surface area contributed by atoms with E-state index in [2.05, 4.69) is 50.0 Å². The highest BCUT2D eigenvalue weighted by atomic mass is 16.5. The molecule has 0 aliphatic heterocycles. The van der Waals surface area contributed by atoms with Crippen molar-refractivity contribution < 1.29 is 4.74 Å². The number of ether oxygens (including phenoxy) is 1. The Bertz CT molecular complexity index is 434. The van der Waals surface area contributed by atoms with E-state index in [1.54, 1.807) is 0 Å². The summed E-state index contributed by atoms with van der Waals surface area (Å²) in [6.45, 7) is 5.42. The van der Waals surface area contributed by atoms with Crippen molar-refractivity contribution >= 4 is 0 Å². The van der Waals surface area contributed by atoms with Crippen molar-refractivity contribution in [3.05, 3.63) is 24.3 Å². The molecule has 0 amide bonds. The van der Waals surface area contributed by atoms with Crippen LogP contribution in [-0.2, 0) is 4.74 Å². The molecule has 2 rings (SSSR count). The van der Waals surface area contributed by atoms with Crippen LogP contribution in [0.5, 0.6) is 0 Å². The summed E-state index contributed by atoms with van der Waals surface area (Å²) in [6.07, 6.45) is 22.2. The van der Waals surface area contributed by atoms with Crippen molar-refractivity contribution in [3.8, 4) is 11.8 Å². The maximum atomic E-state index is 5.85. The first kappa shape index (κ1) is 19.3. The third-order valence-electron chi connectivity index (χ3n) is 5.73. The van der Waals surface area contributed by atoms with Crippen LogP contribution in [0.3, 0.4) is 0 Å². The van der Waals surface area contributed by atoms with Crippen molar-refractivity contribution in [2.24, 2.45) is 17.8 Å². The summed E-state index contributed by atoms with van der Waals surface area (Å²) in [6, 6.07) is 0. The molecule has 0 aromatic heterocycles. The molecule has 24 heavy (non-hydrogen) atoms. The summed E-state index contributed by atoms with van der Waals surface area (Å²) < 4.78 is 5.85. The van der Waals surface area contributed by atoms with Crippen LogP contribution in [-0.4, -0.2) is 12.7 Å². The molecule has 1 heteroatoms. The second-order valence-electron chi connectivity index (χ2n) is 7.60. The first-order chi connectivity index (χ1) is 11.8. The molecule has 1 nitrogen and oxygen atoms in total. The zero-order valence-electron chi connectivity index (χ0n) is 15.8. The van der Waals surface area contributed by atoms with Gasteiger partial charge in [0, 0.05) is 6.61 Å². The molecule has 0 radical (unpaired) electrons. The van der Waals surface area contributed by atoms with Crippen molar-refractivity contribution in [1.82, 2.24) is 0 Å². The van der Waals surface area contributed by atoms with Gasteiger partial charge >= 0.3 is 0 Å². The zero-order chi connectivity index (χ0) is 17.0. The number of hydrogen-bond acceptors (Lipinski definition) is 1. The number of rotatable bonds is 6. The molecule has 0 atom stereocenters. The minimum atomic E-state index is 0.506. The van der Waals surface area contributed by atoms with E-state index in [1.807, 2.05) is 0 Å². The maximum Gasteiger partial charge on any atom is 0.0575 e. The molecule has 0 saturated heterocycles. The van der Waals surface area contributed by atoms with Gasteiger partial charge in [0.25, 0.3) is 0 Å². The van der Waals surface area contributed by atoms with E-state index in [4.69, 9.17) is 4.74 Å². The minimum Gasteiger partial charge on any atom is -0.378 e. The van der Waals surface area contributed by atoms with Gasteiger partial charge in [-0.2, -0.15) is 0 Å². The van der Waals surface area contributed by atoms with Gasteiger partial charge in [0.2, 0.25) is 0 Å². The lowest BCUT2D eigenvalue weighted by Crippen LogP contribution is -2.21. The van der Waals surface area contributed by atoms with E-state index in [9.17, 15) is 0 Å². The molecule has 0 aromatic rings. The van der Waals surface area contributed by atoms with Gasteiger partial charge in [-0.15, -0.1) is 0 Å². The fourth-order valence-corrected chi connectivity index (χ4v) is 3.99. The van der Waals surface area contributed by atoms with E-state index in [0.29, 0.717) is 12.0 Å². The molecule has 0 unspecified atom stereocenters. The van der Waals surface area contributed by atoms with Gasteiger partial charge in [0.05, 0.1) is 6.10 Å². The first-order valence-corrected chi connectivity index (χ1v) is 10.3. The Hall–Kier alpha value is -1.00. The van der Waals surface area contributed by atoms with E-state index in [-0.39, 0.29) is 0 Å². The molecule has 0 heterocycles. The summed E-state index contributed by atoms with van der Waals surface area (Å²) in [5.41, 5.74) is 0. The molecule has 0 spiro atoms. The van der Waals surface area contributed by atoms with Gasteiger partial charge in [-0.25, -0.2) is 0 Å². The van der Waals surface area contributed by atoms with Crippen LogP contribution < -0.4 is 0 Å². The van der Waals surface area contributed by atoms with Crippen LogP contribution in [0.2, 0.25) is 0 Å². The van der Waals surface area contributed by atoms with Crippen LogP contribution in [0.25, 0.3) is 0 Å². The predicted octanol–water partition coefficient (Wildman–Crippen LogP) is 6.30. The normalized spacial score (nSPS) is 31.2. The third kappa shape index (κ3) is 7.27. The van der Waals surface area contributed by atoms with E-state index >= 15 is 0 Å². The zero-order valence-corrected chi connectivity index (χ0v) is 15.8. The van der Waals surface area contributed by atoms with Crippen LogP contribution in [0.15, 0.2) is 24.3 Å². The molecule has 2 saturated carbocycles. The SMILES string of the molecule is CCCOC1CCC(/C=C/C#C/C=C/C2CCC(CC)CC2)CC1. The fourth-order valence-electron chi connectivity index (χ4n) is 3.99. The van der Waals surface area contributed by atoms with Gasteiger partial charge in [0.15, 0.2) is 0 Å². The van der Waals surface area contributed by atoms with E-state index < -0.39 is 0 Å². The second-order valence-corrected chi connectivity index (χ2v) is 7.60. The van der Waals surface area contributed by atoms with E-state index in [1.165, 1.54) is 57.8 Å². The Kier molecular flexibility index (Phi) is 9.29. The maximum absolute atomic E-state index is 5.85. The Morgan fingerprint density at radius 3 is 1.83 bits per heavy atom. The highest BCUT2D eigenvalue weighted by molar-refractivity contribution is 5.24. The molecule has 2 fully saturated rings. The number of allylic oxidation sites excluding steroid dienone is 4. The van der Waals surface area contributed by atoms with Crippen molar-refractivity contribution in [1.29, 1.82) is 0 Å². The van der Waals surface area contributed by atoms with Gasteiger partial charge in [0.1, 0.15) is 0 Å². The highest BCUT2D eigenvalue weighted by Gasteiger charge is 2.19. The summed E-state index contributed by atoms with van der Waals surface area (Å²) in [5, 5.41) is 0. The lowest BCUT2D eigenvalue weighted by molar-refractivity contribution is 0.0227.